The molecule has 0 atom stereocenters. The predicted molar refractivity (Wildman–Crippen MR) is 70.7 cm³/mol. The molecule has 0 spiro atoms. The number of fused-ring (bicyclic) bond motifs is 1. The summed E-state index contributed by atoms with van der Waals surface area (Å²) >= 11 is 1.21. The van der Waals surface area contributed by atoms with Gasteiger partial charge in [0, 0.05) is 18.5 Å². The molecule has 3 heterocycles. The zero-order chi connectivity index (χ0) is 13.4. The standard InChI is InChI=1S/C11H11N5O2S/c12-8-6-1-2-14-15-10(6)19-9(8)11(18)16-4-3-13-7(17)5-16/h1-2H,3-5,12H2,(H,13,17). The summed E-state index contributed by atoms with van der Waals surface area (Å²) in [5, 5.41) is 11.1. The van der Waals surface area contributed by atoms with Crippen LogP contribution < -0.4 is 11.1 Å². The van der Waals surface area contributed by atoms with Crippen molar-refractivity contribution in [3.63, 3.8) is 0 Å². The Morgan fingerprint density at radius 2 is 2.37 bits per heavy atom. The number of hydrogen-bond acceptors (Lipinski definition) is 6. The Morgan fingerprint density at radius 1 is 1.53 bits per heavy atom. The third-order valence-corrected chi connectivity index (χ3v) is 4.03. The lowest BCUT2D eigenvalue weighted by Gasteiger charge is -2.26. The molecule has 0 radical (unpaired) electrons. The summed E-state index contributed by atoms with van der Waals surface area (Å²) in [6, 6.07) is 1.73. The van der Waals surface area contributed by atoms with Gasteiger partial charge in [-0.2, -0.15) is 5.10 Å². The lowest BCUT2D eigenvalue weighted by molar-refractivity contribution is -0.123. The molecule has 1 aliphatic rings. The number of nitrogen functional groups attached to an aromatic ring is 1. The highest BCUT2D eigenvalue weighted by molar-refractivity contribution is 7.21. The average molecular weight is 277 g/mol. The molecule has 98 valence electrons. The number of nitrogens with zero attached hydrogens (tertiary/aromatic N) is 3. The Hall–Kier alpha value is -2.22. The molecule has 19 heavy (non-hydrogen) atoms. The minimum atomic E-state index is -0.227. The van der Waals surface area contributed by atoms with Gasteiger partial charge in [0.15, 0.2) is 0 Å². The number of aromatic nitrogens is 2. The van der Waals surface area contributed by atoms with Crippen molar-refractivity contribution in [1.29, 1.82) is 0 Å². The van der Waals surface area contributed by atoms with E-state index in [0.29, 0.717) is 28.5 Å². The number of carbonyl (C=O) groups excluding carboxylic acids is 2. The molecule has 8 heteroatoms. The average Bonchev–Trinajstić information content (AvgIpc) is 2.76. The molecule has 0 aromatic carbocycles. The van der Waals surface area contributed by atoms with Crippen molar-refractivity contribution in [2.45, 2.75) is 0 Å². The second kappa shape index (κ2) is 4.47. The highest BCUT2D eigenvalue weighted by atomic mass is 32.1. The number of rotatable bonds is 1. The van der Waals surface area contributed by atoms with E-state index in [1.165, 1.54) is 22.4 Å². The van der Waals surface area contributed by atoms with Crippen molar-refractivity contribution in [2.75, 3.05) is 25.4 Å². The number of nitrogens with one attached hydrogen (secondary N) is 1. The van der Waals surface area contributed by atoms with Crippen LogP contribution in [0.5, 0.6) is 0 Å². The molecule has 2 amide bonds. The second-order valence-corrected chi connectivity index (χ2v) is 5.17. The van der Waals surface area contributed by atoms with Gasteiger partial charge in [0.25, 0.3) is 5.91 Å². The van der Waals surface area contributed by atoms with Gasteiger partial charge in [-0.05, 0) is 6.07 Å². The van der Waals surface area contributed by atoms with Crippen LogP contribution >= 0.6 is 11.3 Å². The maximum atomic E-state index is 12.4. The molecule has 0 aliphatic carbocycles. The van der Waals surface area contributed by atoms with E-state index >= 15 is 0 Å². The molecule has 0 bridgehead atoms. The topological polar surface area (TPSA) is 101 Å². The smallest absolute Gasteiger partial charge is 0.266 e. The molecule has 2 aromatic rings. The number of hydrogen-bond donors (Lipinski definition) is 2. The normalized spacial score (nSPS) is 15.6. The van der Waals surface area contributed by atoms with Gasteiger partial charge < -0.3 is 16.0 Å². The van der Waals surface area contributed by atoms with Crippen molar-refractivity contribution in [2.24, 2.45) is 0 Å². The fourth-order valence-electron chi connectivity index (χ4n) is 1.99. The Labute approximate surface area is 112 Å². The summed E-state index contributed by atoms with van der Waals surface area (Å²) in [5.74, 6) is -0.380. The monoisotopic (exact) mass is 277 g/mol. The molecule has 3 N–H and O–H groups in total. The first-order chi connectivity index (χ1) is 9.16. The molecule has 7 nitrogen and oxygen atoms in total. The minimum Gasteiger partial charge on any atom is -0.397 e. The third kappa shape index (κ3) is 1.99. The van der Waals surface area contributed by atoms with E-state index in [9.17, 15) is 9.59 Å². The van der Waals surface area contributed by atoms with Crippen molar-refractivity contribution >= 4 is 39.1 Å². The highest BCUT2D eigenvalue weighted by Gasteiger charge is 2.26. The molecule has 2 aromatic heterocycles. The first-order valence-electron chi connectivity index (χ1n) is 5.72. The summed E-state index contributed by atoms with van der Waals surface area (Å²) in [4.78, 5) is 26.2. The van der Waals surface area contributed by atoms with Gasteiger partial charge in [0.1, 0.15) is 9.71 Å². The quantitative estimate of drug-likeness (QED) is 0.754. The van der Waals surface area contributed by atoms with Crippen molar-refractivity contribution in [3.8, 4) is 0 Å². The zero-order valence-electron chi connectivity index (χ0n) is 9.92. The number of nitrogens with two attached hydrogens (primary N) is 1. The van der Waals surface area contributed by atoms with E-state index in [2.05, 4.69) is 15.5 Å². The molecule has 0 saturated carbocycles. The Kier molecular flexibility index (Phi) is 2.79. The van der Waals surface area contributed by atoms with E-state index in [1.807, 2.05) is 0 Å². The fourth-order valence-corrected chi connectivity index (χ4v) is 2.99. The van der Waals surface area contributed by atoms with Crippen LogP contribution in [0.15, 0.2) is 12.3 Å². The fraction of sp³-hybridized carbons (Fsp3) is 0.273. The maximum absolute atomic E-state index is 12.4. The number of thiophene rings is 1. The summed E-state index contributed by atoms with van der Waals surface area (Å²) in [6.07, 6.45) is 1.54. The van der Waals surface area contributed by atoms with Gasteiger partial charge in [-0.1, -0.05) is 0 Å². The lowest BCUT2D eigenvalue weighted by Crippen LogP contribution is -2.49. The molecule has 3 rings (SSSR count). The van der Waals surface area contributed by atoms with Crippen molar-refractivity contribution in [3.05, 3.63) is 17.1 Å². The SMILES string of the molecule is Nc1c(C(=O)N2CCNC(=O)C2)sc2nnccc12. The van der Waals surface area contributed by atoms with Crippen LogP contribution in [-0.2, 0) is 4.79 Å². The van der Waals surface area contributed by atoms with Crippen LogP contribution in [0.1, 0.15) is 9.67 Å². The largest absolute Gasteiger partial charge is 0.397 e. The van der Waals surface area contributed by atoms with E-state index in [1.54, 1.807) is 6.07 Å². The predicted octanol–water partition coefficient (Wildman–Crippen LogP) is -0.154. The Morgan fingerprint density at radius 3 is 3.11 bits per heavy atom. The van der Waals surface area contributed by atoms with Crippen LogP contribution in [0.25, 0.3) is 10.2 Å². The Bertz CT molecular complexity index is 668. The molecule has 1 saturated heterocycles. The van der Waals surface area contributed by atoms with Crippen LogP contribution in [0.3, 0.4) is 0 Å². The van der Waals surface area contributed by atoms with E-state index in [4.69, 9.17) is 5.73 Å². The molecule has 1 aliphatic heterocycles. The lowest BCUT2D eigenvalue weighted by atomic mass is 10.2. The van der Waals surface area contributed by atoms with Gasteiger partial charge in [0.2, 0.25) is 5.91 Å². The summed E-state index contributed by atoms with van der Waals surface area (Å²) in [5.41, 5.74) is 6.38. The minimum absolute atomic E-state index is 0.0677. The van der Waals surface area contributed by atoms with Gasteiger partial charge in [-0.15, -0.1) is 16.4 Å². The maximum Gasteiger partial charge on any atom is 0.266 e. The van der Waals surface area contributed by atoms with Crippen LogP contribution in [0.2, 0.25) is 0 Å². The second-order valence-electron chi connectivity index (χ2n) is 4.17. The number of carbonyl (C=O) groups is 2. The number of amides is 2. The van der Waals surface area contributed by atoms with E-state index in [0.717, 1.165) is 5.39 Å². The van der Waals surface area contributed by atoms with Gasteiger partial charge in [-0.25, -0.2) is 0 Å². The van der Waals surface area contributed by atoms with Crippen LogP contribution in [0, 0.1) is 0 Å². The molecule has 0 unspecified atom stereocenters. The van der Waals surface area contributed by atoms with Crippen molar-refractivity contribution in [1.82, 2.24) is 20.4 Å². The molecule has 1 fully saturated rings. The van der Waals surface area contributed by atoms with Gasteiger partial charge in [-0.3, -0.25) is 9.59 Å². The first-order valence-corrected chi connectivity index (χ1v) is 6.54. The molecular weight excluding hydrogens is 266 g/mol. The first kappa shape index (κ1) is 11.8. The van der Waals surface area contributed by atoms with E-state index in [-0.39, 0.29) is 18.4 Å². The third-order valence-electron chi connectivity index (χ3n) is 2.94. The Balaban J connectivity index is 1.97. The zero-order valence-corrected chi connectivity index (χ0v) is 10.7. The van der Waals surface area contributed by atoms with Gasteiger partial charge in [0.05, 0.1) is 18.4 Å². The number of piperazine rings is 1. The molecular formula is C11H11N5O2S. The number of anilines is 1. The summed E-state index contributed by atoms with van der Waals surface area (Å²) < 4.78 is 0. The van der Waals surface area contributed by atoms with Gasteiger partial charge >= 0.3 is 0 Å². The highest BCUT2D eigenvalue weighted by Crippen LogP contribution is 2.32. The van der Waals surface area contributed by atoms with E-state index < -0.39 is 0 Å². The summed E-state index contributed by atoms with van der Waals surface area (Å²) in [6.45, 7) is 1.03. The summed E-state index contributed by atoms with van der Waals surface area (Å²) in [7, 11) is 0. The van der Waals surface area contributed by atoms with Crippen molar-refractivity contribution < 1.29 is 9.59 Å². The van der Waals surface area contributed by atoms with Crippen LogP contribution in [0.4, 0.5) is 5.69 Å². The van der Waals surface area contributed by atoms with Crippen LogP contribution in [-0.4, -0.2) is 46.5 Å².